The highest BCUT2D eigenvalue weighted by atomic mass is 32.3. The quantitative estimate of drug-likeness (QED) is 0.910. The fraction of sp³-hybridized carbons (Fsp3) is 0.0588. The van der Waals surface area contributed by atoms with E-state index >= 15 is 0 Å². The fourth-order valence-electron chi connectivity index (χ4n) is 2.53. The third kappa shape index (κ3) is 2.24. The van der Waals surface area contributed by atoms with Crippen molar-refractivity contribution in [2.24, 2.45) is 16.5 Å². The van der Waals surface area contributed by atoms with E-state index in [2.05, 4.69) is 4.99 Å². The maximum Gasteiger partial charge on any atom is 0.272 e. The molecule has 4 nitrogen and oxygen atoms in total. The Morgan fingerprint density at radius 3 is 2.55 bits per heavy atom. The molecule has 0 radical (unpaired) electrons. The summed E-state index contributed by atoms with van der Waals surface area (Å²) in [7, 11) is -2.13. The van der Waals surface area contributed by atoms with Gasteiger partial charge >= 0.3 is 0 Å². The van der Waals surface area contributed by atoms with Gasteiger partial charge in [0.1, 0.15) is 0 Å². The molecule has 2 aromatic rings. The molecule has 1 unspecified atom stereocenters. The predicted octanol–water partition coefficient (Wildman–Crippen LogP) is 3.43. The highest BCUT2D eigenvalue weighted by molar-refractivity contribution is 8.60. The zero-order valence-corrected chi connectivity index (χ0v) is 12.8. The van der Waals surface area contributed by atoms with E-state index in [1.165, 1.54) is 0 Å². The van der Waals surface area contributed by atoms with E-state index in [4.69, 9.17) is 11.5 Å². The van der Waals surface area contributed by atoms with Gasteiger partial charge in [-0.2, -0.15) is 0 Å². The van der Waals surface area contributed by atoms with Crippen LogP contribution in [-0.4, -0.2) is 10.8 Å². The summed E-state index contributed by atoms with van der Waals surface area (Å²) in [5.41, 5.74) is 15.2. The molecule has 3 rings (SSSR count). The minimum Gasteiger partial charge on any atom is -0.361 e. The van der Waals surface area contributed by atoms with Crippen molar-refractivity contribution < 1.29 is 4.79 Å². The highest BCUT2D eigenvalue weighted by Crippen LogP contribution is 2.66. The summed E-state index contributed by atoms with van der Waals surface area (Å²) < 4.78 is 0. The van der Waals surface area contributed by atoms with Crippen molar-refractivity contribution in [1.82, 2.24) is 0 Å². The van der Waals surface area contributed by atoms with Crippen molar-refractivity contribution in [2.75, 3.05) is 0 Å². The molecule has 4 N–H and O–H groups in total. The van der Waals surface area contributed by atoms with E-state index < -0.39 is 10.0 Å². The van der Waals surface area contributed by atoms with E-state index in [0.29, 0.717) is 6.54 Å². The third-order valence-corrected chi connectivity index (χ3v) is 6.74. The van der Waals surface area contributed by atoms with Crippen molar-refractivity contribution in [3.63, 3.8) is 0 Å². The topological polar surface area (TPSA) is 81.5 Å². The van der Waals surface area contributed by atoms with Crippen LogP contribution in [0.4, 0.5) is 4.79 Å². The summed E-state index contributed by atoms with van der Waals surface area (Å²) in [6, 6.07) is 17.5. The predicted molar refractivity (Wildman–Crippen MR) is 92.7 cm³/mol. The number of aliphatic imine (C=N–C) groups is 1. The van der Waals surface area contributed by atoms with E-state index in [1.54, 1.807) is 11.7 Å². The number of hydrogen-bond donors (Lipinski definition) is 2. The van der Waals surface area contributed by atoms with Crippen molar-refractivity contribution >= 4 is 25.7 Å². The molecular formula is C17H17N3OS. The molecule has 1 atom stereocenters. The van der Waals surface area contributed by atoms with Gasteiger partial charge in [-0.15, -0.1) is 0 Å². The minimum absolute atomic E-state index is 0.363. The summed E-state index contributed by atoms with van der Waals surface area (Å²) in [5.74, 6) is 0. The lowest BCUT2D eigenvalue weighted by Crippen LogP contribution is -2.20. The van der Waals surface area contributed by atoms with E-state index in [1.807, 2.05) is 54.6 Å². The first kappa shape index (κ1) is 14.6. The molecule has 1 aliphatic rings. The molecular weight excluding hydrogens is 294 g/mol. The number of amides is 1. The number of nitrogens with zero attached hydrogens (tertiary/aromatic N) is 1. The minimum atomic E-state index is -2.13. The molecule has 1 aliphatic heterocycles. The summed E-state index contributed by atoms with van der Waals surface area (Å²) in [5, 5.41) is -0.363. The van der Waals surface area contributed by atoms with E-state index in [9.17, 15) is 4.79 Å². The fourth-order valence-corrected chi connectivity index (χ4v) is 5.18. The number of primary amides is 1. The SMILES string of the molecule is NCc1cccc(S2(C(N)=O)C=NC=C2c2ccccc2)c1. The standard InChI is InChI=1S/C17H17N3OS/c18-10-13-5-4-8-15(9-13)22(17(19)21)12-20-11-16(22)14-6-2-1-3-7-14/h1-9,11-12H,10,18H2,(H2,19,21). The van der Waals surface area contributed by atoms with Crippen LogP contribution in [0, 0.1) is 0 Å². The van der Waals surface area contributed by atoms with Crippen LogP contribution >= 0.6 is 10.0 Å². The van der Waals surface area contributed by atoms with E-state index in [-0.39, 0.29) is 5.24 Å². The van der Waals surface area contributed by atoms with Crippen LogP contribution in [0.1, 0.15) is 11.1 Å². The first-order valence-electron chi connectivity index (χ1n) is 6.89. The number of carbonyl (C=O) groups excluding carboxylic acids is 1. The van der Waals surface area contributed by atoms with Gasteiger partial charge < -0.3 is 11.5 Å². The van der Waals surface area contributed by atoms with Crippen LogP contribution in [-0.2, 0) is 6.54 Å². The van der Waals surface area contributed by atoms with Gasteiger partial charge in [0.2, 0.25) is 0 Å². The smallest absolute Gasteiger partial charge is 0.272 e. The molecule has 0 saturated carbocycles. The lowest BCUT2D eigenvalue weighted by atomic mass is 10.2. The second-order valence-corrected chi connectivity index (χ2v) is 7.79. The summed E-state index contributed by atoms with van der Waals surface area (Å²) in [6.45, 7) is 0.420. The molecule has 0 aliphatic carbocycles. The molecule has 0 aromatic heterocycles. The van der Waals surface area contributed by atoms with Gasteiger partial charge in [-0.3, -0.25) is 9.79 Å². The molecule has 0 fully saturated rings. The van der Waals surface area contributed by atoms with Crippen molar-refractivity contribution in [2.45, 2.75) is 11.4 Å². The molecule has 5 heteroatoms. The molecule has 0 saturated heterocycles. The van der Waals surface area contributed by atoms with E-state index in [0.717, 1.165) is 20.9 Å². The Labute approximate surface area is 130 Å². The summed E-state index contributed by atoms with van der Waals surface area (Å²) in [6.07, 6.45) is 1.74. The highest BCUT2D eigenvalue weighted by Gasteiger charge is 2.38. The second kappa shape index (κ2) is 5.79. The van der Waals surface area contributed by atoms with Gasteiger partial charge in [0, 0.05) is 22.5 Å². The molecule has 112 valence electrons. The van der Waals surface area contributed by atoms with Gasteiger partial charge in [0.25, 0.3) is 5.24 Å². The molecule has 0 bridgehead atoms. The van der Waals surface area contributed by atoms with Gasteiger partial charge in [0.15, 0.2) is 0 Å². The lowest BCUT2D eigenvalue weighted by molar-refractivity contribution is 0.267. The summed E-state index contributed by atoms with van der Waals surface area (Å²) >= 11 is 0. The normalized spacial score (nSPS) is 22.9. The first-order chi connectivity index (χ1) is 10.7. The van der Waals surface area contributed by atoms with Crippen LogP contribution in [0.15, 0.2) is 70.7 Å². The van der Waals surface area contributed by atoms with Crippen LogP contribution in [0.2, 0.25) is 0 Å². The Kier molecular flexibility index (Phi) is 3.83. The largest absolute Gasteiger partial charge is 0.361 e. The van der Waals surface area contributed by atoms with Crippen molar-refractivity contribution in [1.29, 1.82) is 0 Å². The molecule has 1 heterocycles. The number of hydrogen-bond acceptors (Lipinski definition) is 3. The maximum absolute atomic E-state index is 12.4. The molecule has 22 heavy (non-hydrogen) atoms. The van der Waals surface area contributed by atoms with Gasteiger partial charge in [0.05, 0.1) is 5.55 Å². The van der Waals surface area contributed by atoms with Gasteiger partial charge in [-0.25, -0.2) is 0 Å². The van der Waals surface area contributed by atoms with Crippen molar-refractivity contribution in [3.8, 4) is 0 Å². The number of nitrogens with two attached hydrogens (primary N) is 2. The van der Waals surface area contributed by atoms with Crippen LogP contribution in [0.25, 0.3) is 4.91 Å². The Balaban J connectivity index is 2.19. The zero-order valence-electron chi connectivity index (χ0n) is 12.0. The second-order valence-electron chi connectivity index (χ2n) is 4.94. The Morgan fingerprint density at radius 2 is 1.86 bits per heavy atom. The maximum atomic E-state index is 12.4. The molecule has 2 aromatic carbocycles. The average molecular weight is 311 g/mol. The van der Waals surface area contributed by atoms with Gasteiger partial charge in [-0.05, 0) is 23.3 Å². The van der Waals surface area contributed by atoms with Crippen LogP contribution < -0.4 is 11.5 Å². The Morgan fingerprint density at radius 1 is 1.09 bits per heavy atom. The number of rotatable bonds is 3. The number of carbonyl (C=O) groups is 1. The first-order valence-corrected chi connectivity index (χ1v) is 8.59. The van der Waals surface area contributed by atoms with Gasteiger partial charge in [-0.1, -0.05) is 52.5 Å². The summed E-state index contributed by atoms with van der Waals surface area (Å²) in [4.78, 5) is 18.4. The lowest BCUT2D eigenvalue weighted by Gasteiger charge is -2.32. The number of benzene rings is 2. The Hall–Kier alpha value is -2.37. The van der Waals surface area contributed by atoms with Crippen molar-refractivity contribution in [3.05, 3.63) is 71.9 Å². The molecule has 0 spiro atoms. The van der Waals surface area contributed by atoms with Crippen LogP contribution in [0.5, 0.6) is 0 Å². The monoisotopic (exact) mass is 311 g/mol. The Bertz CT molecular complexity index is 770. The zero-order chi connectivity index (χ0) is 15.6. The third-order valence-electron chi connectivity index (χ3n) is 3.64. The molecule has 1 amide bonds. The van der Waals surface area contributed by atoms with Crippen LogP contribution in [0.3, 0.4) is 0 Å². The average Bonchev–Trinajstić information content (AvgIpc) is 3.02.